The molecule has 252 valence electrons. The molecule has 12 nitrogen and oxygen atoms in total. The number of hydrogen-bond donors (Lipinski definition) is 6. The molecule has 0 amide bonds. The van der Waals surface area contributed by atoms with Crippen molar-refractivity contribution in [3.63, 3.8) is 0 Å². The number of anilines is 1. The Morgan fingerprint density at radius 3 is 2.53 bits per heavy atom. The molecule has 1 aromatic rings. The number of nitrogens with zero attached hydrogens (tertiary/aromatic N) is 2. The zero-order valence-electron chi connectivity index (χ0n) is 26.6. The molecule has 2 heterocycles. The smallest absolute Gasteiger partial charge is 0.351 e. The summed E-state index contributed by atoms with van der Waals surface area (Å²) >= 11 is 0. The highest BCUT2D eigenvalue weighted by Crippen LogP contribution is 2.68. The number of ether oxygens (including phenoxy) is 1. The maximum absolute atomic E-state index is 12.7. The SMILES string of the molecule is C[C@H](CCC(=O)ONc1ccn([C@@H]2O[C@H](CO)[C@H](O)[C@@H]2O)c(=O)n1)[C@H]1CC[C@H]2[C@H]3C(CC[C@]12C)[C@@]1(C)CC[C@@H](O)C[C@H]1C[C@H]3O. The summed E-state index contributed by atoms with van der Waals surface area (Å²) in [6.07, 6.45) is 4.66. The van der Waals surface area contributed by atoms with E-state index in [-0.39, 0.29) is 35.3 Å². The molecule has 6 N–H and O–H groups in total. The summed E-state index contributed by atoms with van der Waals surface area (Å²) in [7, 11) is 0. The average Bonchev–Trinajstić information content (AvgIpc) is 3.51. The second-order valence-electron chi connectivity index (χ2n) is 15.3. The Hall–Kier alpha value is -2.09. The van der Waals surface area contributed by atoms with Crippen molar-refractivity contribution in [1.29, 1.82) is 0 Å². The van der Waals surface area contributed by atoms with Gasteiger partial charge in [0.1, 0.15) is 18.3 Å². The van der Waals surface area contributed by atoms with Gasteiger partial charge >= 0.3 is 11.7 Å². The highest BCUT2D eigenvalue weighted by molar-refractivity contribution is 5.70. The fourth-order valence-electron chi connectivity index (χ4n) is 10.7. The summed E-state index contributed by atoms with van der Waals surface area (Å²) in [5.74, 6) is 1.99. The fraction of sp³-hybridized carbons (Fsp3) is 0.848. The zero-order chi connectivity index (χ0) is 32.3. The Balaban J connectivity index is 1.02. The molecule has 4 aliphatic carbocycles. The number of fused-ring (bicyclic) bond motifs is 5. The van der Waals surface area contributed by atoms with Crippen LogP contribution in [0.25, 0.3) is 0 Å². The number of rotatable bonds is 8. The van der Waals surface area contributed by atoms with Crippen LogP contribution in [0.3, 0.4) is 0 Å². The summed E-state index contributed by atoms with van der Waals surface area (Å²) in [6, 6.07) is 1.39. The summed E-state index contributed by atoms with van der Waals surface area (Å²) in [5.41, 5.74) is 1.98. The Morgan fingerprint density at radius 2 is 1.82 bits per heavy atom. The fourth-order valence-corrected chi connectivity index (χ4v) is 10.7. The molecule has 45 heavy (non-hydrogen) atoms. The Kier molecular flexibility index (Phi) is 9.12. The molecule has 14 atom stereocenters. The Labute approximate surface area is 264 Å². The molecule has 5 fully saturated rings. The van der Waals surface area contributed by atoms with Gasteiger partial charge in [0, 0.05) is 18.7 Å². The molecule has 0 radical (unpaired) electrons. The lowest BCUT2D eigenvalue weighted by Gasteiger charge is -2.62. The summed E-state index contributed by atoms with van der Waals surface area (Å²) < 4.78 is 6.39. The van der Waals surface area contributed by atoms with E-state index in [0.717, 1.165) is 55.9 Å². The normalized spacial score (nSPS) is 44.8. The van der Waals surface area contributed by atoms with E-state index < -0.39 is 42.8 Å². The van der Waals surface area contributed by atoms with E-state index in [1.165, 1.54) is 12.3 Å². The molecule has 1 saturated heterocycles. The first-order chi connectivity index (χ1) is 21.4. The molecule has 6 rings (SSSR count). The predicted molar refractivity (Wildman–Crippen MR) is 162 cm³/mol. The number of aliphatic hydroxyl groups excluding tert-OH is 5. The number of aromatic nitrogens is 2. The van der Waals surface area contributed by atoms with E-state index >= 15 is 0 Å². The van der Waals surface area contributed by atoms with Gasteiger partial charge < -0.3 is 35.1 Å². The van der Waals surface area contributed by atoms with Crippen LogP contribution < -0.4 is 11.2 Å². The molecule has 1 aliphatic heterocycles. The van der Waals surface area contributed by atoms with Crippen molar-refractivity contribution in [2.45, 2.75) is 122 Å². The molecule has 1 unspecified atom stereocenters. The van der Waals surface area contributed by atoms with E-state index in [1.807, 2.05) is 0 Å². The largest absolute Gasteiger partial charge is 0.394 e. The minimum absolute atomic E-state index is 0.0155. The third kappa shape index (κ3) is 5.73. The Morgan fingerprint density at radius 1 is 1.09 bits per heavy atom. The van der Waals surface area contributed by atoms with Crippen molar-refractivity contribution < 1.29 is 39.9 Å². The topological polar surface area (TPSA) is 184 Å². The summed E-state index contributed by atoms with van der Waals surface area (Å²) in [6.45, 7) is 6.56. The van der Waals surface area contributed by atoms with E-state index in [4.69, 9.17) is 9.57 Å². The van der Waals surface area contributed by atoms with Gasteiger partial charge in [-0.15, -0.1) is 0 Å². The lowest BCUT2D eigenvalue weighted by Crippen LogP contribution is -2.58. The van der Waals surface area contributed by atoms with Crippen molar-refractivity contribution in [2.75, 3.05) is 12.1 Å². The van der Waals surface area contributed by atoms with Crippen LogP contribution in [-0.4, -0.2) is 78.2 Å². The van der Waals surface area contributed by atoms with Crippen LogP contribution in [0, 0.1) is 46.3 Å². The maximum atomic E-state index is 12.7. The number of aliphatic hydroxyl groups is 5. The number of hydrogen-bond acceptors (Lipinski definition) is 11. The van der Waals surface area contributed by atoms with Gasteiger partial charge in [-0.3, -0.25) is 4.57 Å². The van der Waals surface area contributed by atoms with Gasteiger partial charge in [-0.1, -0.05) is 20.8 Å². The molecule has 0 bridgehead atoms. The first-order valence-corrected chi connectivity index (χ1v) is 16.9. The van der Waals surface area contributed by atoms with Gasteiger partial charge in [-0.2, -0.15) is 4.98 Å². The minimum atomic E-state index is -1.41. The van der Waals surface area contributed by atoms with Crippen LogP contribution >= 0.6 is 0 Å². The first-order valence-electron chi connectivity index (χ1n) is 16.9. The molecule has 0 spiro atoms. The molecule has 5 aliphatic rings. The first kappa shape index (κ1) is 32.8. The lowest BCUT2D eigenvalue weighted by atomic mass is 9.43. The average molecular weight is 634 g/mol. The van der Waals surface area contributed by atoms with E-state index in [2.05, 4.69) is 31.2 Å². The third-order valence-corrected chi connectivity index (χ3v) is 13.1. The van der Waals surface area contributed by atoms with Crippen molar-refractivity contribution in [3.05, 3.63) is 22.7 Å². The van der Waals surface area contributed by atoms with Crippen LogP contribution in [-0.2, 0) is 14.4 Å². The van der Waals surface area contributed by atoms with Crippen molar-refractivity contribution >= 4 is 11.8 Å². The quantitative estimate of drug-likeness (QED) is 0.231. The van der Waals surface area contributed by atoms with Crippen LogP contribution in [0.15, 0.2) is 17.1 Å². The van der Waals surface area contributed by atoms with E-state index in [9.17, 15) is 35.1 Å². The zero-order valence-corrected chi connectivity index (χ0v) is 26.6. The second kappa shape index (κ2) is 12.5. The van der Waals surface area contributed by atoms with Gasteiger partial charge in [0.2, 0.25) is 0 Å². The number of nitrogens with one attached hydrogen (secondary N) is 1. The van der Waals surface area contributed by atoms with Gasteiger partial charge in [0.15, 0.2) is 12.0 Å². The standard InChI is InChI=1S/C33H51N3O9/c1-17(4-7-26(40)45-35-25-10-13-36(31(43)34-25)30-29(42)28(41)24(16-37)44-30)20-5-6-21-27-22(9-12-33(20,21)3)32(2)11-8-19(38)14-18(32)15-23(27)39/h10,13,17-24,27-30,37-39,41-42H,4-9,11-12,14-16H2,1-3H3,(H,34,35,43)/t17-,18+,19-,20-,21+,22?,23-,24-,27+,28+,29+,30-,32+,33-/m1/s1. The van der Waals surface area contributed by atoms with Crippen LogP contribution in [0.5, 0.6) is 0 Å². The third-order valence-electron chi connectivity index (χ3n) is 13.1. The highest BCUT2D eigenvalue weighted by Gasteiger charge is 2.62. The van der Waals surface area contributed by atoms with Crippen LogP contribution in [0.4, 0.5) is 5.82 Å². The number of carbonyl (C=O) groups excluding carboxylic acids is 1. The predicted octanol–water partition coefficient (Wildman–Crippen LogP) is 2.13. The van der Waals surface area contributed by atoms with Gasteiger partial charge in [0.25, 0.3) is 0 Å². The molecule has 0 aromatic carbocycles. The van der Waals surface area contributed by atoms with E-state index in [1.54, 1.807) is 0 Å². The van der Waals surface area contributed by atoms with Gasteiger partial charge in [0.05, 0.1) is 18.8 Å². The van der Waals surface area contributed by atoms with Crippen molar-refractivity contribution in [1.82, 2.24) is 9.55 Å². The Bertz CT molecular complexity index is 1290. The van der Waals surface area contributed by atoms with Crippen LogP contribution in [0.2, 0.25) is 0 Å². The molecular weight excluding hydrogens is 582 g/mol. The van der Waals surface area contributed by atoms with Gasteiger partial charge in [-0.05, 0) is 104 Å². The second-order valence-corrected chi connectivity index (χ2v) is 15.3. The maximum Gasteiger partial charge on any atom is 0.351 e. The summed E-state index contributed by atoms with van der Waals surface area (Å²) in [5, 5.41) is 51.3. The monoisotopic (exact) mass is 633 g/mol. The van der Waals surface area contributed by atoms with Crippen molar-refractivity contribution in [3.8, 4) is 0 Å². The van der Waals surface area contributed by atoms with Gasteiger partial charge in [-0.25, -0.2) is 15.1 Å². The molecule has 12 heteroatoms. The highest BCUT2D eigenvalue weighted by atomic mass is 16.7. The van der Waals surface area contributed by atoms with E-state index in [0.29, 0.717) is 41.9 Å². The van der Waals surface area contributed by atoms with Crippen LogP contribution in [0.1, 0.15) is 91.2 Å². The summed E-state index contributed by atoms with van der Waals surface area (Å²) in [4.78, 5) is 34.3. The molecular formula is C33H51N3O9. The lowest BCUT2D eigenvalue weighted by molar-refractivity contribution is -0.174. The molecule has 4 saturated carbocycles. The minimum Gasteiger partial charge on any atom is -0.394 e. The van der Waals surface area contributed by atoms with Crippen molar-refractivity contribution in [2.24, 2.45) is 46.3 Å². The number of carbonyl (C=O) groups is 1. The molecule has 1 aromatic heterocycles.